The number of hydrogen-bond acceptors (Lipinski definition) is 7. The molecule has 4 heterocycles. The monoisotopic (exact) mass is 398 g/mol. The Morgan fingerprint density at radius 1 is 1.18 bits per heavy atom. The first-order valence-electron chi connectivity index (χ1n) is 9.49. The number of nitrogens with zero attached hydrogens (tertiary/aromatic N) is 6. The molecule has 0 amide bonds. The van der Waals surface area contributed by atoms with Gasteiger partial charge in [-0.1, -0.05) is 55.8 Å². The van der Waals surface area contributed by atoms with Gasteiger partial charge in [-0.25, -0.2) is 25.5 Å². The molecule has 146 valence electrons. The van der Waals surface area contributed by atoms with Crippen LogP contribution in [0.15, 0.2) is 24.3 Å². The fourth-order valence-corrected chi connectivity index (χ4v) is 3.77. The average molecular weight is 399 g/mol. The van der Waals surface area contributed by atoms with Gasteiger partial charge in [0.15, 0.2) is 17.0 Å². The van der Waals surface area contributed by atoms with Crippen LogP contribution in [0.5, 0.6) is 0 Å². The van der Waals surface area contributed by atoms with Crippen LogP contribution in [0.2, 0.25) is 5.02 Å². The standard InChI is InChI=1S/C19H23ClN8/c1-18(2,3)17-21-15(27-9-8-19(11-27)24-25-19)14-16(22-17)28(26-23-14)10-12-6-4-5-7-13(12)20/h4-7,24-25H,8-11H2,1-3H3. The predicted molar refractivity (Wildman–Crippen MR) is 108 cm³/mol. The second-order valence-electron chi connectivity index (χ2n) is 8.64. The maximum atomic E-state index is 6.35. The molecule has 1 spiro atoms. The van der Waals surface area contributed by atoms with Crippen LogP contribution in [-0.2, 0) is 12.0 Å². The lowest BCUT2D eigenvalue weighted by atomic mass is 9.96. The van der Waals surface area contributed by atoms with Gasteiger partial charge >= 0.3 is 0 Å². The van der Waals surface area contributed by atoms with Crippen molar-refractivity contribution in [1.29, 1.82) is 0 Å². The Morgan fingerprint density at radius 3 is 2.64 bits per heavy atom. The highest BCUT2D eigenvalue weighted by atomic mass is 35.5. The molecule has 2 aliphatic rings. The molecular formula is C19H23ClN8. The molecule has 2 fully saturated rings. The van der Waals surface area contributed by atoms with Gasteiger partial charge in [0.2, 0.25) is 0 Å². The van der Waals surface area contributed by atoms with E-state index in [9.17, 15) is 0 Å². The zero-order valence-corrected chi connectivity index (χ0v) is 17.0. The van der Waals surface area contributed by atoms with E-state index in [-0.39, 0.29) is 11.1 Å². The molecule has 0 saturated carbocycles. The highest BCUT2D eigenvalue weighted by Gasteiger charge is 2.48. The molecule has 0 radical (unpaired) electrons. The summed E-state index contributed by atoms with van der Waals surface area (Å²) in [7, 11) is 0. The third-order valence-corrected chi connectivity index (χ3v) is 5.71. The maximum absolute atomic E-state index is 6.35. The maximum Gasteiger partial charge on any atom is 0.184 e. The summed E-state index contributed by atoms with van der Waals surface area (Å²) in [5.41, 5.74) is 8.81. The van der Waals surface area contributed by atoms with Gasteiger partial charge in [-0.3, -0.25) is 0 Å². The fourth-order valence-electron chi connectivity index (χ4n) is 3.58. The zero-order chi connectivity index (χ0) is 19.5. The molecule has 0 aliphatic carbocycles. The van der Waals surface area contributed by atoms with Gasteiger partial charge in [0, 0.05) is 23.4 Å². The Labute approximate surface area is 168 Å². The summed E-state index contributed by atoms with van der Waals surface area (Å²) in [4.78, 5) is 12.0. The Kier molecular flexibility index (Phi) is 3.88. The summed E-state index contributed by atoms with van der Waals surface area (Å²) in [5.74, 6) is 1.64. The number of halogens is 1. The largest absolute Gasteiger partial charge is 0.351 e. The van der Waals surface area contributed by atoms with E-state index >= 15 is 0 Å². The van der Waals surface area contributed by atoms with E-state index in [2.05, 4.69) is 46.8 Å². The molecule has 28 heavy (non-hydrogen) atoms. The molecule has 2 aliphatic heterocycles. The molecular weight excluding hydrogens is 376 g/mol. The summed E-state index contributed by atoms with van der Waals surface area (Å²) >= 11 is 6.35. The number of benzene rings is 1. The van der Waals surface area contributed by atoms with Gasteiger partial charge < -0.3 is 4.90 Å². The second kappa shape index (κ2) is 6.10. The van der Waals surface area contributed by atoms with Crippen molar-refractivity contribution >= 4 is 28.6 Å². The minimum Gasteiger partial charge on any atom is -0.351 e. The van der Waals surface area contributed by atoms with Gasteiger partial charge in [0.1, 0.15) is 11.5 Å². The van der Waals surface area contributed by atoms with Crippen molar-refractivity contribution in [3.05, 3.63) is 40.7 Å². The van der Waals surface area contributed by atoms with Crippen LogP contribution >= 0.6 is 11.6 Å². The number of hydrazine groups is 1. The van der Waals surface area contributed by atoms with E-state index in [1.807, 2.05) is 28.9 Å². The van der Waals surface area contributed by atoms with Crippen molar-refractivity contribution in [2.75, 3.05) is 18.0 Å². The normalized spacial score (nSPS) is 18.4. The van der Waals surface area contributed by atoms with Gasteiger partial charge in [-0.15, -0.1) is 5.10 Å². The smallest absolute Gasteiger partial charge is 0.184 e. The van der Waals surface area contributed by atoms with E-state index in [1.54, 1.807) is 0 Å². The first-order valence-corrected chi connectivity index (χ1v) is 9.87. The van der Waals surface area contributed by atoms with Crippen LogP contribution < -0.4 is 15.8 Å². The minimum atomic E-state index is -0.185. The number of anilines is 1. The van der Waals surface area contributed by atoms with Crippen LogP contribution in [0.1, 0.15) is 38.6 Å². The summed E-state index contributed by atoms with van der Waals surface area (Å²) in [6.07, 6.45) is 1.02. The lowest BCUT2D eigenvalue weighted by Gasteiger charge is -2.22. The molecule has 2 aromatic heterocycles. The second-order valence-corrected chi connectivity index (χ2v) is 9.04. The molecule has 2 saturated heterocycles. The molecule has 3 aromatic rings. The minimum absolute atomic E-state index is 0.0206. The Morgan fingerprint density at radius 2 is 1.96 bits per heavy atom. The van der Waals surface area contributed by atoms with Gasteiger partial charge in [0.25, 0.3) is 0 Å². The third kappa shape index (κ3) is 3.01. The predicted octanol–water partition coefficient (Wildman–Crippen LogP) is 2.23. The number of fused-ring (bicyclic) bond motifs is 1. The zero-order valence-electron chi connectivity index (χ0n) is 16.2. The van der Waals surface area contributed by atoms with Crippen LogP contribution in [0.4, 0.5) is 5.82 Å². The van der Waals surface area contributed by atoms with E-state index in [0.29, 0.717) is 11.6 Å². The van der Waals surface area contributed by atoms with Crippen LogP contribution in [0.3, 0.4) is 0 Å². The van der Waals surface area contributed by atoms with Crippen molar-refractivity contribution in [1.82, 2.24) is 35.8 Å². The summed E-state index contributed by atoms with van der Waals surface area (Å²) < 4.78 is 1.82. The van der Waals surface area contributed by atoms with E-state index in [1.165, 1.54) is 0 Å². The Balaban J connectivity index is 1.61. The molecule has 2 N–H and O–H groups in total. The van der Waals surface area contributed by atoms with Crippen molar-refractivity contribution in [3.63, 3.8) is 0 Å². The molecule has 0 bridgehead atoms. The van der Waals surface area contributed by atoms with Crippen LogP contribution in [-0.4, -0.2) is 43.7 Å². The lowest BCUT2D eigenvalue weighted by Crippen LogP contribution is -2.28. The third-order valence-electron chi connectivity index (χ3n) is 5.34. The van der Waals surface area contributed by atoms with Crippen molar-refractivity contribution in [2.45, 2.75) is 44.8 Å². The number of rotatable bonds is 3. The van der Waals surface area contributed by atoms with Gasteiger partial charge in [-0.2, -0.15) is 0 Å². The highest BCUT2D eigenvalue weighted by molar-refractivity contribution is 6.31. The van der Waals surface area contributed by atoms with Crippen molar-refractivity contribution in [2.24, 2.45) is 0 Å². The van der Waals surface area contributed by atoms with Gasteiger partial charge in [-0.05, 0) is 11.6 Å². The number of aromatic nitrogens is 5. The first-order chi connectivity index (χ1) is 13.3. The highest BCUT2D eigenvalue weighted by Crippen LogP contribution is 2.33. The van der Waals surface area contributed by atoms with Crippen LogP contribution in [0, 0.1) is 0 Å². The molecule has 5 rings (SSSR count). The quantitative estimate of drug-likeness (QED) is 0.652. The molecule has 8 nitrogen and oxygen atoms in total. The van der Waals surface area contributed by atoms with Crippen molar-refractivity contribution in [3.8, 4) is 0 Å². The van der Waals surface area contributed by atoms with Gasteiger partial charge in [0.05, 0.1) is 13.1 Å². The lowest BCUT2D eigenvalue weighted by molar-refractivity contribution is 0.545. The molecule has 1 aromatic carbocycles. The topological polar surface area (TPSA) is 104 Å². The first kappa shape index (κ1) is 17.8. The van der Waals surface area contributed by atoms with E-state index < -0.39 is 0 Å². The molecule has 0 atom stereocenters. The van der Waals surface area contributed by atoms with Crippen molar-refractivity contribution < 1.29 is 0 Å². The molecule has 0 unspecified atom stereocenters. The number of nitrogens with one attached hydrogen (secondary N) is 2. The Bertz CT molecular complexity index is 1050. The SMILES string of the molecule is CC(C)(C)c1nc(N2CCC3(C2)NN3)c2nnn(Cc3ccccc3Cl)c2n1. The van der Waals surface area contributed by atoms with E-state index in [4.69, 9.17) is 21.6 Å². The molecule has 9 heteroatoms. The average Bonchev–Trinajstić information content (AvgIpc) is 3.09. The van der Waals surface area contributed by atoms with E-state index in [0.717, 1.165) is 47.9 Å². The summed E-state index contributed by atoms with van der Waals surface area (Å²) in [6.45, 7) is 8.64. The van der Waals surface area contributed by atoms with Crippen LogP contribution in [0.25, 0.3) is 11.2 Å². The summed E-state index contributed by atoms with van der Waals surface area (Å²) in [5, 5.41) is 9.54. The summed E-state index contributed by atoms with van der Waals surface area (Å²) in [6, 6.07) is 7.78. The fraction of sp³-hybridized carbons (Fsp3) is 0.474. The Hall–Kier alpha value is -2.29. The number of hydrogen-bond donors (Lipinski definition) is 2.